The number of carboxylic acids is 1. The van der Waals surface area contributed by atoms with Gasteiger partial charge in [0.05, 0.1) is 13.2 Å². The predicted molar refractivity (Wildman–Crippen MR) is 71.2 cm³/mol. The Labute approximate surface area is 111 Å². The molecule has 0 aliphatic rings. The highest BCUT2D eigenvalue weighted by molar-refractivity contribution is 5.95. The first kappa shape index (κ1) is 15.0. The number of benzene rings is 1. The van der Waals surface area contributed by atoms with E-state index in [1.54, 1.807) is 25.3 Å². The summed E-state index contributed by atoms with van der Waals surface area (Å²) in [6, 6.07) is 4.40. The number of nitrogens with one attached hydrogen (secondary N) is 1. The minimum atomic E-state index is -0.969. The molecule has 0 saturated heterocycles. The minimum absolute atomic E-state index is 0.108. The number of carbonyl (C=O) groups excluding carboxylic acids is 1. The third kappa shape index (κ3) is 4.59. The lowest BCUT2D eigenvalue weighted by Crippen LogP contribution is -2.36. The van der Waals surface area contributed by atoms with Gasteiger partial charge in [-0.2, -0.15) is 0 Å². The lowest BCUT2D eigenvalue weighted by molar-refractivity contribution is -0.137. The molecule has 0 saturated carbocycles. The van der Waals surface area contributed by atoms with Gasteiger partial charge in [-0.1, -0.05) is 0 Å². The first-order valence-corrected chi connectivity index (χ1v) is 5.87. The van der Waals surface area contributed by atoms with Crippen molar-refractivity contribution in [3.63, 3.8) is 0 Å². The molecule has 0 aromatic heterocycles. The van der Waals surface area contributed by atoms with E-state index >= 15 is 0 Å². The van der Waals surface area contributed by atoms with E-state index in [2.05, 4.69) is 5.32 Å². The largest absolute Gasteiger partial charge is 0.497 e. The van der Waals surface area contributed by atoms with E-state index in [9.17, 15) is 9.59 Å². The molecule has 0 radical (unpaired) electrons. The number of methoxy groups -OCH3 is 1. The third-order valence-electron chi connectivity index (χ3n) is 2.70. The number of carboxylic acid groups (broad SMARTS) is 1. The maximum atomic E-state index is 11.8. The van der Waals surface area contributed by atoms with Crippen molar-refractivity contribution in [2.24, 2.45) is 5.73 Å². The van der Waals surface area contributed by atoms with Crippen molar-refractivity contribution >= 4 is 17.6 Å². The fourth-order valence-electron chi connectivity index (χ4n) is 1.54. The Kier molecular flexibility index (Phi) is 5.32. The molecule has 19 heavy (non-hydrogen) atoms. The smallest absolute Gasteiger partial charge is 0.303 e. The first-order chi connectivity index (χ1) is 8.93. The zero-order valence-corrected chi connectivity index (χ0v) is 11.0. The van der Waals surface area contributed by atoms with E-state index < -0.39 is 17.9 Å². The summed E-state index contributed by atoms with van der Waals surface area (Å²) < 4.78 is 5.06. The number of hydrogen-bond donors (Lipinski definition) is 3. The number of carbonyl (C=O) groups is 2. The van der Waals surface area contributed by atoms with Gasteiger partial charge in [-0.05, 0) is 37.1 Å². The van der Waals surface area contributed by atoms with Gasteiger partial charge in [0.2, 0.25) is 5.91 Å². The molecule has 4 N–H and O–H groups in total. The molecule has 1 atom stereocenters. The van der Waals surface area contributed by atoms with Crippen molar-refractivity contribution in [3.8, 4) is 5.75 Å². The van der Waals surface area contributed by atoms with Crippen LogP contribution < -0.4 is 15.8 Å². The molecule has 0 spiro atoms. The molecule has 1 amide bonds. The second-order valence-corrected chi connectivity index (χ2v) is 4.21. The molecule has 1 aromatic rings. The Morgan fingerprint density at radius 2 is 2.16 bits per heavy atom. The van der Waals surface area contributed by atoms with Gasteiger partial charge in [0.1, 0.15) is 5.75 Å². The van der Waals surface area contributed by atoms with Crippen molar-refractivity contribution < 1.29 is 19.4 Å². The number of anilines is 1. The average molecular weight is 266 g/mol. The molecule has 1 rings (SSSR count). The molecule has 0 heterocycles. The number of ether oxygens (including phenoxy) is 1. The van der Waals surface area contributed by atoms with Crippen LogP contribution in [0.3, 0.4) is 0 Å². The van der Waals surface area contributed by atoms with E-state index in [1.807, 2.05) is 6.92 Å². The average Bonchev–Trinajstić information content (AvgIpc) is 2.37. The Hall–Kier alpha value is -2.08. The van der Waals surface area contributed by atoms with Crippen LogP contribution in [0.1, 0.15) is 18.4 Å². The molecule has 0 aliphatic carbocycles. The molecular weight excluding hydrogens is 248 g/mol. The van der Waals surface area contributed by atoms with Crippen LogP contribution in [-0.4, -0.2) is 30.1 Å². The van der Waals surface area contributed by atoms with Gasteiger partial charge in [-0.3, -0.25) is 9.59 Å². The summed E-state index contributed by atoms with van der Waals surface area (Å²) in [5.74, 6) is -0.663. The lowest BCUT2D eigenvalue weighted by Gasteiger charge is -2.13. The molecule has 1 aromatic carbocycles. The molecule has 0 aliphatic heterocycles. The molecule has 6 heteroatoms. The quantitative estimate of drug-likeness (QED) is 0.716. The number of aliphatic carboxylic acids is 1. The van der Waals surface area contributed by atoms with Crippen LogP contribution in [0.15, 0.2) is 18.2 Å². The van der Waals surface area contributed by atoms with Gasteiger partial charge in [0, 0.05) is 12.1 Å². The SMILES string of the molecule is COc1ccc(NC(=O)C(N)CCC(=O)O)c(C)c1. The van der Waals surface area contributed by atoms with Crippen molar-refractivity contribution in [2.75, 3.05) is 12.4 Å². The van der Waals surface area contributed by atoms with Crippen LogP contribution in [0.25, 0.3) is 0 Å². The van der Waals surface area contributed by atoms with Crippen molar-refractivity contribution in [2.45, 2.75) is 25.8 Å². The molecule has 6 nitrogen and oxygen atoms in total. The van der Waals surface area contributed by atoms with E-state index in [0.717, 1.165) is 5.56 Å². The topological polar surface area (TPSA) is 102 Å². The standard InChI is InChI=1S/C13H18N2O4/c1-8-7-9(19-2)3-5-11(8)15-13(18)10(14)4-6-12(16)17/h3,5,7,10H,4,6,14H2,1-2H3,(H,15,18)(H,16,17). The fourth-order valence-corrected chi connectivity index (χ4v) is 1.54. The highest BCUT2D eigenvalue weighted by Crippen LogP contribution is 2.21. The van der Waals surface area contributed by atoms with Crippen LogP contribution in [0.4, 0.5) is 5.69 Å². The summed E-state index contributed by atoms with van der Waals surface area (Å²) in [7, 11) is 1.56. The molecule has 104 valence electrons. The molecular formula is C13H18N2O4. The van der Waals surface area contributed by atoms with Gasteiger partial charge < -0.3 is 20.9 Å². The zero-order chi connectivity index (χ0) is 14.4. The highest BCUT2D eigenvalue weighted by atomic mass is 16.5. The van der Waals surface area contributed by atoms with Gasteiger partial charge in [-0.25, -0.2) is 0 Å². The fraction of sp³-hybridized carbons (Fsp3) is 0.385. The molecule has 1 unspecified atom stereocenters. The maximum Gasteiger partial charge on any atom is 0.303 e. The van der Waals surface area contributed by atoms with Crippen LogP contribution >= 0.6 is 0 Å². The first-order valence-electron chi connectivity index (χ1n) is 5.87. The summed E-state index contributed by atoms with van der Waals surface area (Å²) in [5, 5.41) is 11.2. The van der Waals surface area contributed by atoms with E-state index in [-0.39, 0.29) is 12.8 Å². The van der Waals surface area contributed by atoms with Crippen molar-refractivity contribution in [3.05, 3.63) is 23.8 Å². The Morgan fingerprint density at radius 3 is 2.68 bits per heavy atom. The van der Waals surface area contributed by atoms with Crippen LogP contribution in [-0.2, 0) is 9.59 Å². The second kappa shape index (κ2) is 6.75. The Morgan fingerprint density at radius 1 is 1.47 bits per heavy atom. The Bertz CT molecular complexity index is 474. The lowest BCUT2D eigenvalue weighted by atomic mass is 10.1. The van der Waals surface area contributed by atoms with E-state index in [0.29, 0.717) is 11.4 Å². The second-order valence-electron chi connectivity index (χ2n) is 4.21. The normalized spacial score (nSPS) is 11.7. The van der Waals surface area contributed by atoms with Crippen LogP contribution in [0.5, 0.6) is 5.75 Å². The van der Waals surface area contributed by atoms with E-state index in [4.69, 9.17) is 15.6 Å². The number of rotatable bonds is 6. The zero-order valence-electron chi connectivity index (χ0n) is 11.0. The van der Waals surface area contributed by atoms with Crippen molar-refractivity contribution in [1.29, 1.82) is 0 Å². The summed E-state index contributed by atoms with van der Waals surface area (Å²) in [4.78, 5) is 22.2. The predicted octanol–water partition coefficient (Wildman–Crippen LogP) is 1.13. The summed E-state index contributed by atoms with van der Waals surface area (Å²) in [6.07, 6.45) is -0.0213. The summed E-state index contributed by atoms with van der Waals surface area (Å²) in [6.45, 7) is 1.83. The van der Waals surface area contributed by atoms with Crippen LogP contribution in [0.2, 0.25) is 0 Å². The van der Waals surface area contributed by atoms with Crippen molar-refractivity contribution in [1.82, 2.24) is 0 Å². The van der Waals surface area contributed by atoms with Gasteiger partial charge in [-0.15, -0.1) is 0 Å². The monoisotopic (exact) mass is 266 g/mol. The molecule has 0 bridgehead atoms. The van der Waals surface area contributed by atoms with E-state index in [1.165, 1.54) is 0 Å². The van der Waals surface area contributed by atoms with Crippen LogP contribution in [0, 0.1) is 6.92 Å². The minimum Gasteiger partial charge on any atom is -0.497 e. The summed E-state index contributed by atoms with van der Waals surface area (Å²) >= 11 is 0. The maximum absolute atomic E-state index is 11.8. The molecule has 0 fully saturated rings. The third-order valence-corrected chi connectivity index (χ3v) is 2.70. The number of amides is 1. The summed E-state index contributed by atoms with van der Waals surface area (Å²) in [5.41, 5.74) is 7.10. The van der Waals surface area contributed by atoms with Gasteiger partial charge >= 0.3 is 5.97 Å². The number of hydrogen-bond acceptors (Lipinski definition) is 4. The highest BCUT2D eigenvalue weighted by Gasteiger charge is 2.15. The van der Waals surface area contributed by atoms with Gasteiger partial charge in [0.15, 0.2) is 0 Å². The number of nitrogens with two attached hydrogens (primary N) is 1. The number of aryl methyl sites for hydroxylation is 1. The Balaban J connectivity index is 2.63. The van der Waals surface area contributed by atoms with Gasteiger partial charge in [0.25, 0.3) is 0 Å².